The summed E-state index contributed by atoms with van der Waals surface area (Å²) in [4.78, 5) is 33.3. The molecule has 0 aliphatic rings. The van der Waals surface area contributed by atoms with Crippen LogP contribution in [0.15, 0.2) is 23.6 Å². The van der Waals surface area contributed by atoms with Crippen molar-refractivity contribution in [2.24, 2.45) is 0 Å². The number of rotatable bonds is 7. The number of aromatic nitrogens is 4. The van der Waals surface area contributed by atoms with E-state index in [0.29, 0.717) is 18.1 Å². The fraction of sp³-hybridized carbons (Fsp3) is 0.353. The van der Waals surface area contributed by atoms with Gasteiger partial charge in [-0.25, -0.2) is 9.50 Å². The highest BCUT2D eigenvalue weighted by Crippen LogP contribution is 2.08. The summed E-state index contributed by atoms with van der Waals surface area (Å²) in [5, 5.41) is 8.95. The number of ether oxygens (including phenoxy) is 1. The second-order valence-corrected chi connectivity index (χ2v) is 6.83. The quantitative estimate of drug-likeness (QED) is 0.626. The van der Waals surface area contributed by atoms with E-state index in [-0.39, 0.29) is 18.9 Å². The van der Waals surface area contributed by atoms with Crippen molar-refractivity contribution in [2.45, 2.75) is 26.7 Å². The Morgan fingerprint density at radius 2 is 2.15 bits per heavy atom. The van der Waals surface area contributed by atoms with Crippen LogP contribution in [0.4, 0.5) is 0 Å². The molecular formula is C17H19N5O3S. The van der Waals surface area contributed by atoms with Crippen molar-refractivity contribution in [1.82, 2.24) is 24.9 Å². The molecule has 3 aromatic rings. The summed E-state index contributed by atoms with van der Waals surface area (Å²) in [5.74, 6) is -0.124. The van der Waals surface area contributed by atoms with Crippen molar-refractivity contribution in [2.75, 3.05) is 13.2 Å². The molecule has 3 aromatic heterocycles. The van der Waals surface area contributed by atoms with Crippen LogP contribution in [0.5, 0.6) is 0 Å². The molecule has 0 radical (unpaired) electrons. The lowest BCUT2D eigenvalue weighted by molar-refractivity contribution is -0.148. The average molecular weight is 373 g/mol. The lowest BCUT2D eigenvalue weighted by Crippen LogP contribution is -2.30. The topological polar surface area (TPSA) is 98.5 Å². The van der Waals surface area contributed by atoms with Crippen molar-refractivity contribution in [3.05, 3.63) is 45.7 Å². The third kappa shape index (κ3) is 4.63. The summed E-state index contributed by atoms with van der Waals surface area (Å²) in [5.41, 5.74) is 1.71. The van der Waals surface area contributed by atoms with E-state index in [2.05, 4.69) is 20.4 Å². The number of esters is 1. The zero-order valence-corrected chi connectivity index (χ0v) is 15.4. The van der Waals surface area contributed by atoms with E-state index >= 15 is 0 Å². The van der Waals surface area contributed by atoms with Gasteiger partial charge in [-0.3, -0.25) is 9.59 Å². The van der Waals surface area contributed by atoms with Gasteiger partial charge in [0.15, 0.2) is 12.4 Å². The number of nitrogens with zero attached hydrogens (tertiary/aromatic N) is 4. The minimum Gasteiger partial charge on any atom is -0.455 e. The summed E-state index contributed by atoms with van der Waals surface area (Å²) in [6, 6.07) is 5.86. The standard InChI is InChI=1S/C17H19N5O3S/c1-11-8-12(2)22-17(19-11)20-14(21-22)9-16(24)25-10-15(23)18-6-5-13-4-3-7-26-13/h3-4,7-8H,5-6,9-10H2,1-2H3,(H,18,23). The maximum absolute atomic E-state index is 11.9. The number of carbonyl (C=O) groups is 2. The van der Waals surface area contributed by atoms with E-state index in [1.165, 1.54) is 4.88 Å². The van der Waals surface area contributed by atoms with Crippen LogP contribution < -0.4 is 5.32 Å². The predicted molar refractivity (Wildman–Crippen MR) is 96.0 cm³/mol. The van der Waals surface area contributed by atoms with E-state index < -0.39 is 5.97 Å². The molecule has 9 heteroatoms. The summed E-state index contributed by atoms with van der Waals surface area (Å²) in [6.07, 6.45) is 0.651. The molecule has 136 valence electrons. The van der Waals surface area contributed by atoms with Gasteiger partial charge in [-0.2, -0.15) is 4.98 Å². The van der Waals surface area contributed by atoms with Crippen LogP contribution >= 0.6 is 11.3 Å². The average Bonchev–Trinajstić information content (AvgIpc) is 3.22. The molecule has 0 fully saturated rings. The van der Waals surface area contributed by atoms with Crippen molar-refractivity contribution in [3.63, 3.8) is 0 Å². The molecule has 3 heterocycles. The van der Waals surface area contributed by atoms with Crippen molar-refractivity contribution >= 4 is 29.0 Å². The Kier molecular flexibility index (Phi) is 5.57. The highest BCUT2D eigenvalue weighted by atomic mass is 32.1. The number of carbonyl (C=O) groups excluding carboxylic acids is 2. The Morgan fingerprint density at radius 3 is 2.92 bits per heavy atom. The number of nitrogens with one attached hydrogen (secondary N) is 1. The van der Waals surface area contributed by atoms with Gasteiger partial charge < -0.3 is 10.1 Å². The summed E-state index contributed by atoms with van der Waals surface area (Å²) >= 11 is 1.64. The van der Waals surface area contributed by atoms with Gasteiger partial charge >= 0.3 is 5.97 Å². The first kappa shape index (κ1) is 18.0. The van der Waals surface area contributed by atoms with E-state index in [4.69, 9.17) is 4.74 Å². The Morgan fingerprint density at radius 1 is 1.31 bits per heavy atom. The Labute approximate surface area is 154 Å². The first-order chi connectivity index (χ1) is 12.5. The van der Waals surface area contributed by atoms with Crippen molar-refractivity contribution < 1.29 is 14.3 Å². The second kappa shape index (κ2) is 8.05. The van der Waals surface area contributed by atoms with Gasteiger partial charge in [0.25, 0.3) is 11.7 Å². The largest absolute Gasteiger partial charge is 0.455 e. The number of aryl methyl sites for hydroxylation is 2. The van der Waals surface area contributed by atoms with Gasteiger partial charge in [-0.05, 0) is 37.8 Å². The lowest BCUT2D eigenvalue weighted by Gasteiger charge is -2.05. The number of fused-ring (bicyclic) bond motifs is 1. The SMILES string of the molecule is Cc1cc(C)n2nc(CC(=O)OCC(=O)NCCc3cccs3)nc2n1. The van der Waals surface area contributed by atoms with Gasteiger partial charge in [0, 0.05) is 22.8 Å². The summed E-state index contributed by atoms with van der Waals surface area (Å²) in [7, 11) is 0. The van der Waals surface area contributed by atoms with Crippen LogP contribution in [-0.2, 0) is 27.2 Å². The van der Waals surface area contributed by atoms with Crippen molar-refractivity contribution in [1.29, 1.82) is 0 Å². The van der Waals surface area contributed by atoms with Crippen LogP contribution in [0.1, 0.15) is 22.1 Å². The Hall–Kier alpha value is -2.81. The smallest absolute Gasteiger partial charge is 0.314 e. The number of hydrogen-bond acceptors (Lipinski definition) is 7. The maximum atomic E-state index is 11.9. The molecule has 1 N–H and O–H groups in total. The van der Waals surface area contributed by atoms with Gasteiger partial charge in [0.2, 0.25) is 0 Å². The van der Waals surface area contributed by atoms with Crippen LogP contribution in [0, 0.1) is 13.8 Å². The van der Waals surface area contributed by atoms with E-state index in [1.54, 1.807) is 15.9 Å². The zero-order chi connectivity index (χ0) is 18.5. The highest BCUT2D eigenvalue weighted by Gasteiger charge is 2.14. The predicted octanol–water partition coefficient (Wildman–Crippen LogP) is 1.25. The molecule has 26 heavy (non-hydrogen) atoms. The highest BCUT2D eigenvalue weighted by molar-refractivity contribution is 7.09. The van der Waals surface area contributed by atoms with Crippen LogP contribution in [0.2, 0.25) is 0 Å². The molecular weight excluding hydrogens is 354 g/mol. The first-order valence-corrected chi connectivity index (χ1v) is 9.04. The molecule has 0 aliphatic heterocycles. The number of amides is 1. The number of hydrogen-bond donors (Lipinski definition) is 1. The van der Waals surface area contributed by atoms with E-state index in [9.17, 15) is 9.59 Å². The minimum absolute atomic E-state index is 0.107. The zero-order valence-electron chi connectivity index (χ0n) is 14.6. The van der Waals surface area contributed by atoms with Crippen LogP contribution in [0.3, 0.4) is 0 Å². The molecule has 0 unspecified atom stereocenters. The fourth-order valence-corrected chi connectivity index (χ4v) is 3.15. The minimum atomic E-state index is -0.552. The lowest BCUT2D eigenvalue weighted by atomic mass is 10.3. The third-order valence-electron chi connectivity index (χ3n) is 3.60. The molecule has 0 saturated carbocycles. The van der Waals surface area contributed by atoms with Gasteiger partial charge in [-0.1, -0.05) is 6.07 Å². The molecule has 1 amide bonds. The fourth-order valence-electron chi connectivity index (χ4n) is 2.44. The molecule has 8 nitrogen and oxygen atoms in total. The molecule has 3 rings (SSSR count). The Balaban J connectivity index is 1.45. The Bertz CT molecular complexity index is 920. The van der Waals surface area contributed by atoms with Gasteiger partial charge in [0.1, 0.15) is 6.42 Å². The molecule has 0 aromatic carbocycles. The second-order valence-electron chi connectivity index (χ2n) is 5.80. The molecule has 0 bridgehead atoms. The molecule has 0 atom stereocenters. The summed E-state index contributed by atoms with van der Waals surface area (Å²) < 4.78 is 6.56. The van der Waals surface area contributed by atoms with Gasteiger partial charge in [0.05, 0.1) is 0 Å². The van der Waals surface area contributed by atoms with Gasteiger partial charge in [-0.15, -0.1) is 16.4 Å². The normalized spacial score (nSPS) is 10.8. The maximum Gasteiger partial charge on any atom is 0.314 e. The van der Waals surface area contributed by atoms with E-state index in [0.717, 1.165) is 17.8 Å². The molecule has 0 saturated heterocycles. The van der Waals surface area contributed by atoms with Crippen LogP contribution in [-0.4, -0.2) is 44.6 Å². The summed E-state index contributed by atoms with van der Waals surface area (Å²) in [6.45, 7) is 3.95. The monoisotopic (exact) mass is 373 g/mol. The van der Waals surface area contributed by atoms with Crippen molar-refractivity contribution in [3.8, 4) is 0 Å². The molecule has 0 spiro atoms. The van der Waals surface area contributed by atoms with Crippen LogP contribution in [0.25, 0.3) is 5.78 Å². The third-order valence-corrected chi connectivity index (χ3v) is 4.54. The van der Waals surface area contributed by atoms with E-state index in [1.807, 2.05) is 37.4 Å². The number of thiophene rings is 1. The molecule has 0 aliphatic carbocycles. The first-order valence-electron chi connectivity index (χ1n) is 8.16.